The first-order valence-electron chi connectivity index (χ1n) is 6.13. The number of carbonyl (C=O) groups is 2. The number of carbonyl (C=O) groups excluding carboxylic acids is 1. The Balaban J connectivity index is 1.60. The summed E-state index contributed by atoms with van der Waals surface area (Å²) >= 11 is 0. The van der Waals surface area contributed by atoms with Crippen molar-refractivity contribution in [3.63, 3.8) is 0 Å². The van der Waals surface area contributed by atoms with E-state index in [-0.39, 0.29) is 18.4 Å². The molecule has 1 fully saturated rings. The number of hydrogen-bond acceptors (Lipinski definition) is 3. The van der Waals surface area contributed by atoms with Crippen molar-refractivity contribution in [3.8, 4) is 0 Å². The number of benzene rings is 1. The summed E-state index contributed by atoms with van der Waals surface area (Å²) in [7, 11) is 0. The number of hydrogen-bond donors (Lipinski definition) is 2. The maximum Gasteiger partial charge on any atom is 0.307 e. The summed E-state index contributed by atoms with van der Waals surface area (Å²) in [6, 6.07) is 9.47. The van der Waals surface area contributed by atoms with Gasteiger partial charge in [-0.05, 0) is 18.6 Å². The van der Waals surface area contributed by atoms with Gasteiger partial charge in [-0.3, -0.25) is 9.59 Å². The van der Waals surface area contributed by atoms with Crippen molar-refractivity contribution in [2.45, 2.75) is 13.0 Å². The van der Waals surface area contributed by atoms with E-state index in [4.69, 9.17) is 9.52 Å². The third-order valence-electron chi connectivity index (χ3n) is 3.36. The van der Waals surface area contributed by atoms with Gasteiger partial charge in [-0.15, -0.1) is 0 Å². The van der Waals surface area contributed by atoms with Crippen LogP contribution in [0.1, 0.15) is 12.2 Å². The van der Waals surface area contributed by atoms with Crippen LogP contribution in [0.3, 0.4) is 0 Å². The van der Waals surface area contributed by atoms with Gasteiger partial charge >= 0.3 is 5.97 Å². The molecule has 1 heterocycles. The number of amides is 1. The molecule has 19 heavy (non-hydrogen) atoms. The summed E-state index contributed by atoms with van der Waals surface area (Å²) in [5, 5.41) is 12.5. The van der Waals surface area contributed by atoms with Crippen LogP contribution < -0.4 is 5.32 Å². The third-order valence-corrected chi connectivity index (χ3v) is 3.36. The average molecular weight is 259 g/mol. The molecule has 2 aromatic rings. The highest BCUT2D eigenvalue weighted by atomic mass is 16.4. The van der Waals surface area contributed by atoms with Gasteiger partial charge in [0.1, 0.15) is 11.3 Å². The number of carboxylic acids is 1. The van der Waals surface area contributed by atoms with Crippen LogP contribution in [0, 0.1) is 11.8 Å². The van der Waals surface area contributed by atoms with Crippen LogP contribution in [0.25, 0.3) is 11.0 Å². The summed E-state index contributed by atoms with van der Waals surface area (Å²) < 4.78 is 5.56. The van der Waals surface area contributed by atoms with Crippen molar-refractivity contribution in [2.75, 3.05) is 0 Å². The zero-order chi connectivity index (χ0) is 13.4. The highest BCUT2D eigenvalue weighted by Crippen LogP contribution is 2.38. The number of fused-ring (bicyclic) bond motifs is 1. The van der Waals surface area contributed by atoms with Crippen LogP contribution in [-0.2, 0) is 16.1 Å². The van der Waals surface area contributed by atoms with Gasteiger partial charge < -0.3 is 14.8 Å². The molecule has 1 aromatic carbocycles. The van der Waals surface area contributed by atoms with Crippen molar-refractivity contribution < 1.29 is 19.1 Å². The van der Waals surface area contributed by atoms with Gasteiger partial charge in [-0.1, -0.05) is 18.2 Å². The lowest BCUT2D eigenvalue weighted by molar-refractivity contribution is -0.140. The third kappa shape index (κ3) is 2.31. The molecular formula is C14H13NO4. The van der Waals surface area contributed by atoms with Gasteiger partial charge in [0, 0.05) is 5.39 Å². The Morgan fingerprint density at radius 2 is 2.11 bits per heavy atom. The number of nitrogens with one attached hydrogen (secondary N) is 1. The van der Waals surface area contributed by atoms with E-state index in [9.17, 15) is 9.59 Å². The molecule has 5 nitrogen and oxygen atoms in total. The average Bonchev–Trinajstić information content (AvgIpc) is 3.09. The molecule has 0 radical (unpaired) electrons. The Kier molecular flexibility index (Phi) is 2.74. The molecule has 1 aromatic heterocycles. The highest BCUT2D eigenvalue weighted by Gasteiger charge is 2.48. The fraction of sp³-hybridized carbons (Fsp3) is 0.286. The van der Waals surface area contributed by atoms with E-state index in [1.54, 1.807) is 0 Å². The van der Waals surface area contributed by atoms with E-state index < -0.39 is 11.9 Å². The molecular weight excluding hydrogens is 246 g/mol. The minimum absolute atomic E-state index is 0.215. The lowest BCUT2D eigenvalue weighted by atomic mass is 10.2. The standard InChI is InChI=1S/C14H13NO4/c16-13(10-6-11(10)14(17)18)15-7-9-5-8-3-1-2-4-12(8)19-9/h1-5,10-11H,6-7H2,(H,15,16)(H,17,18)/t10-,11+/m0/s1. The summed E-state index contributed by atoms with van der Waals surface area (Å²) in [5.74, 6) is -1.35. The van der Waals surface area contributed by atoms with Crippen LogP contribution in [-0.4, -0.2) is 17.0 Å². The molecule has 0 bridgehead atoms. The van der Waals surface area contributed by atoms with Gasteiger partial charge in [0.2, 0.25) is 5.91 Å². The summed E-state index contributed by atoms with van der Waals surface area (Å²) in [6.07, 6.45) is 0.432. The number of furan rings is 1. The first-order valence-corrected chi connectivity index (χ1v) is 6.13. The molecule has 0 aliphatic heterocycles. The molecule has 1 aliphatic carbocycles. The fourth-order valence-corrected chi connectivity index (χ4v) is 2.19. The zero-order valence-electron chi connectivity index (χ0n) is 10.1. The van der Waals surface area contributed by atoms with Crippen LogP contribution in [0.2, 0.25) is 0 Å². The second-order valence-electron chi connectivity index (χ2n) is 4.76. The second-order valence-corrected chi connectivity index (χ2v) is 4.76. The Hall–Kier alpha value is -2.30. The summed E-state index contributed by atoms with van der Waals surface area (Å²) in [4.78, 5) is 22.4. The van der Waals surface area contributed by atoms with Crippen molar-refractivity contribution in [1.82, 2.24) is 5.32 Å². The largest absolute Gasteiger partial charge is 0.481 e. The van der Waals surface area contributed by atoms with Crippen LogP contribution in [0.4, 0.5) is 0 Å². The Bertz CT molecular complexity index is 613. The van der Waals surface area contributed by atoms with E-state index in [1.165, 1.54) is 0 Å². The van der Waals surface area contributed by atoms with E-state index in [1.807, 2.05) is 30.3 Å². The predicted octanol–water partition coefficient (Wildman–Crippen LogP) is 1.77. The maximum atomic E-state index is 11.7. The molecule has 0 saturated heterocycles. The molecule has 5 heteroatoms. The Morgan fingerprint density at radius 1 is 1.32 bits per heavy atom. The molecule has 1 saturated carbocycles. The van der Waals surface area contributed by atoms with Crippen molar-refractivity contribution >= 4 is 22.8 Å². The smallest absolute Gasteiger partial charge is 0.307 e. The van der Waals surface area contributed by atoms with Gasteiger partial charge in [0.25, 0.3) is 0 Å². The lowest BCUT2D eigenvalue weighted by Crippen LogP contribution is -2.25. The minimum Gasteiger partial charge on any atom is -0.481 e. The van der Waals surface area contributed by atoms with E-state index in [2.05, 4.69) is 5.32 Å². The maximum absolute atomic E-state index is 11.7. The summed E-state index contributed by atoms with van der Waals surface area (Å²) in [5.41, 5.74) is 0.779. The zero-order valence-corrected chi connectivity index (χ0v) is 10.1. The van der Waals surface area contributed by atoms with Crippen LogP contribution >= 0.6 is 0 Å². The highest BCUT2D eigenvalue weighted by molar-refractivity contribution is 5.89. The first-order chi connectivity index (χ1) is 9.15. The number of carboxylic acid groups (broad SMARTS) is 1. The number of rotatable bonds is 4. The topological polar surface area (TPSA) is 79.5 Å². The molecule has 1 amide bonds. The molecule has 3 rings (SSSR count). The predicted molar refractivity (Wildman–Crippen MR) is 67.3 cm³/mol. The molecule has 2 atom stereocenters. The Morgan fingerprint density at radius 3 is 2.79 bits per heavy atom. The normalized spacial score (nSPS) is 21.3. The summed E-state index contributed by atoms with van der Waals surface area (Å²) in [6.45, 7) is 0.288. The first kappa shape index (κ1) is 11.8. The SMILES string of the molecule is O=C(NCc1cc2ccccc2o1)[C@H]1C[C@H]1C(=O)O. The Labute approximate surface area is 109 Å². The van der Waals surface area contributed by atoms with Gasteiger partial charge in [-0.2, -0.15) is 0 Å². The van der Waals surface area contributed by atoms with Crippen molar-refractivity contribution in [2.24, 2.45) is 11.8 Å². The van der Waals surface area contributed by atoms with Gasteiger partial charge in [0.05, 0.1) is 18.4 Å². The van der Waals surface area contributed by atoms with E-state index in [0.717, 1.165) is 11.0 Å². The molecule has 0 spiro atoms. The van der Waals surface area contributed by atoms with Crippen molar-refractivity contribution in [1.29, 1.82) is 0 Å². The molecule has 1 aliphatic rings. The lowest BCUT2D eigenvalue weighted by Gasteiger charge is -2.01. The van der Waals surface area contributed by atoms with Gasteiger partial charge in [0.15, 0.2) is 0 Å². The minimum atomic E-state index is -0.899. The monoisotopic (exact) mass is 259 g/mol. The van der Waals surface area contributed by atoms with Crippen LogP contribution in [0.15, 0.2) is 34.7 Å². The molecule has 0 unspecified atom stereocenters. The second kappa shape index (κ2) is 4.42. The fourth-order valence-electron chi connectivity index (χ4n) is 2.19. The number of aliphatic carboxylic acids is 1. The molecule has 98 valence electrons. The van der Waals surface area contributed by atoms with Crippen LogP contribution in [0.5, 0.6) is 0 Å². The number of para-hydroxylation sites is 1. The van der Waals surface area contributed by atoms with Gasteiger partial charge in [-0.25, -0.2) is 0 Å². The molecule has 2 N–H and O–H groups in total. The van der Waals surface area contributed by atoms with E-state index in [0.29, 0.717) is 12.2 Å². The van der Waals surface area contributed by atoms with Crippen molar-refractivity contribution in [3.05, 3.63) is 36.1 Å². The quantitative estimate of drug-likeness (QED) is 0.877. The van der Waals surface area contributed by atoms with E-state index >= 15 is 0 Å².